The van der Waals surface area contributed by atoms with Crippen LogP contribution in [0.4, 0.5) is 0 Å². The summed E-state index contributed by atoms with van der Waals surface area (Å²) in [5, 5.41) is 5.17. The number of fused-ring (bicyclic) bond motifs is 1. The molecule has 1 N–H and O–H groups in total. The smallest absolute Gasteiger partial charge is 0.313 e. The van der Waals surface area contributed by atoms with Gasteiger partial charge in [0.25, 0.3) is 0 Å². The second kappa shape index (κ2) is 9.69. The first-order valence-electron chi connectivity index (χ1n) is 9.92. The van der Waals surface area contributed by atoms with E-state index in [2.05, 4.69) is 25.2 Å². The summed E-state index contributed by atoms with van der Waals surface area (Å²) in [5.41, 5.74) is 1.15. The minimum Gasteiger partial charge on any atom is -0.422 e. The van der Waals surface area contributed by atoms with Crippen molar-refractivity contribution in [3.05, 3.63) is 35.9 Å². The van der Waals surface area contributed by atoms with Gasteiger partial charge in [0.1, 0.15) is 0 Å². The van der Waals surface area contributed by atoms with Crippen molar-refractivity contribution in [3.8, 4) is 11.5 Å². The zero-order chi connectivity index (χ0) is 20.8. The molecule has 0 atom stereocenters. The molecule has 5 heteroatoms. The number of ether oxygens (including phenoxy) is 2. The summed E-state index contributed by atoms with van der Waals surface area (Å²) in [6.07, 6.45) is 0.845. The second-order valence-corrected chi connectivity index (χ2v) is 7.92. The van der Waals surface area contributed by atoms with Crippen LogP contribution in [0.15, 0.2) is 30.3 Å². The Hall–Kier alpha value is -2.40. The Morgan fingerprint density at radius 1 is 0.857 bits per heavy atom. The van der Waals surface area contributed by atoms with E-state index in [1.165, 1.54) is 0 Å². The van der Waals surface area contributed by atoms with Gasteiger partial charge in [0, 0.05) is 11.4 Å². The minimum absolute atomic E-state index is 0.276. The van der Waals surface area contributed by atoms with Gasteiger partial charge < -0.3 is 14.8 Å². The van der Waals surface area contributed by atoms with Gasteiger partial charge in [-0.25, -0.2) is 0 Å². The van der Waals surface area contributed by atoms with Gasteiger partial charge >= 0.3 is 11.9 Å². The van der Waals surface area contributed by atoms with Crippen molar-refractivity contribution in [1.29, 1.82) is 0 Å². The summed E-state index contributed by atoms with van der Waals surface area (Å²) in [6, 6.07) is 9.95. The molecule has 0 saturated heterocycles. The van der Waals surface area contributed by atoms with Gasteiger partial charge in [-0.1, -0.05) is 65.8 Å². The molecule has 2 aromatic rings. The van der Waals surface area contributed by atoms with E-state index in [-0.39, 0.29) is 29.5 Å². The number of esters is 2. The van der Waals surface area contributed by atoms with Crippen LogP contribution in [0.3, 0.4) is 0 Å². The fraction of sp³-hybridized carbons (Fsp3) is 0.478. The highest BCUT2D eigenvalue weighted by Gasteiger charge is 2.20. The molecule has 0 fully saturated rings. The van der Waals surface area contributed by atoms with Crippen LogP contribution < -0.4 is 14.8 Å². The van der Waals surface area contributed by atoms with E-state index in [9.17, 15) is 9.59 Å². The van der Waals surface area contributed by atoms with E-state index in [1.54, 1.807) is 33.8 Å². The van der Waals surface area contributed by atoms with E-state index >= 15 is 0 Å². The first kappa shape index (κ1) is 21.9. The minimum atomic E-state index is -0.363. The molecule has 0 aliphatic rings. The quantitative estimate of drug-likeness (QED) is 0.535. The van der Waals surface area contributed by atoms with Gasteiger partial charge in [-0.3, -0.25) is 9.59 Å². The third kappa shape index (κ3) is 5.55. The molecule has 0 aliphatic heterocycles. The Labute approximate surface area is 167 Å². The standard InChI is InChI=1S/C23H31NO4/c1-14(2)22(25)27-20-11-10-18-17(12-13-24-16(5)6)8-7-9-19(18)21(20)28-23(26)15(3)4/h7-11,14-16,24H,12-13H2,1-6H3. The summed E-state index contributed by atoms with van der Waals surface area (Å²) in [7, 11) is 0. The molecule has 28 heavy (non-hydrogen) atoms. The third-order valence-electron chi connectivity index (χ3n) is 4.37. The van der Waals surface area contributed by atoms with Crippen LogP contribution in [-0.2, 0) is 16.0 Å². The van der Waals surface area contributed by atoms with Gasteiger partial charge in [-0.15, -0.1) is 0 Å². The summed E-state index contributed by atoms with van der Waals surface area (Å²) in [4.78, 5) is 24.4. The van der Waals surface area contributed by atoms with Crippen LogP contribution in [0.25, 0.3) is 10.8 Å². The normalized spacial score (nSPS) is 11.5. The maximum atomic E-state index is 12.3. The van der Waals surface area contributed by atoms with Gasteiger partial charge in [0.15, 0.2) is 11.5 Å². The number of carbonyl (C=O) groups excluding carboxylic acids is 2. The first-order chi connectivity index (χ1) is 13.2. The number of benzene rings is 2. The number of hydrogen-bond donors (Lipinski definition) is 1. The average molecular weight is 386 g/mol. The monoisotopic (exact) mass is 385 g/mol. The van der Waals surface area contributed by atoms with Crippen LogP contribution in [-0.4, -0.2) is 24.5 Å². The van der Waals surface area contributed by atoms with Crippen molar-refractivity contribution in [3.63, 3.8) is 0 Å². The first-order valence-corrected chi connectivity index (χ1v) is 9.92. The molecular weight excluding hydrogens is 354 g/mol. The van der Waals surface area contributed by atoms with Crippen molar-refractivity contribution >= 4 is 22.7 Å². The van der Waals surface area contributed by atoms with Crippen molar-refractivity contribution < 1.29 is 19.1 Å². The molecule has 2 aromatic carbocycles. The molecule has 0 aliphatic carbocycles. The number of nitrogens with one attached hydrogen (secondary N) is 1. The van der Waals surface area contributed by atoms with E-state index in [0.29, 0.717) is 11.8 Å². The molecule has 0 spiro atoms. The second-order valence-electron chi connectivity index (χ2n) is 7.92. The largest absolute Gasteiger partial charge is 0.422 e. The molecule has 0 heterocycles. The number of carbonyl (C=O) groups is 2. The predicted octanol–water partition coefficient (Wildman–Crippen LogP) is 4.50. The SMILES string of the molecule is CC(C)NCCc1cccc2c(OC(=O)C(C)C)c(OC(=O)C(C)C)ccc12. The van der Waals surface area contributed by atoms with E-state index in [1.807, 2.05) is 18.2 Å². The molecular formula is C23H31NO4. The maximum absolute atomic E-state index is 12.3. The van der Waals surface area contributed by atoms with E-state index in [0.717, 1.165) is 29.3 Å². The fourth-order valence-electron chi connectivity index (χ4n) is 2.72. The summed E-state index contributed by atoms with van der Waals surface area (Å²) < 4.78 is 11.2. The highest BCUT2D eigenvalue weighted by atomic mass is 16.6. The van der Waals surface area contributed by atoms with Gasteiger partial charge in [0.05, 0.1) is 11.8 Å². The summed E-state index contributed by atoms with van der Waals surface area (Å²) in [6.45, 7) is 12.2. The lowest BCUT2D eigenvalue weighted by Gasteiger charge is -2.17. The molecule has 0 unspecified atom stereocenters. The van der Waals surface area contributed by atoms with Gasteiger partial charge in [-0.05, 0) is 30.0 Å². The fourth-order valence-corrected chi connectivity index (χ4v) is 2.72. The van der Waals surface area contributed by atoms with Crippen molar-refractivity contribution in [2.45, 2.75) is 54.0 Å². The lowest BCUT2D eigenvalue weighted by molar-refractivity contribution is -0.140. The van der Waals surface area contributed by atoms with Crippen LogP contribution in [0.1, 0.15) is 47.1 Å². The molecule has 0 saturated carbocycles. The van der Waals surface area contributed by atoms with E-state index < -0.39 is 0 Å². The van der Waals surface area contributed by atoms with Crippen LogP contribution >= 0.6 is 0 Å². The Kier molecular flexibility index (Phi) is 7.58. The van der Waals surface area contributed by atoms with Gasteiger partial charge in [0.2, 0.25) is 0 Å². The predicted molar refractivity (Wildman–Crippen MR) is 112 cm³/mol. The third-order valence-corrected chi connectivity index (χ3v) is 4.37. The van der Waals surface area contributed by atoms with Crippen molar-refractivity contribution in [2.24, 2.45) is 11.8 Å². The Balaban J connectivity index is 2.48. The Bertz CT molecular complexity index is 840. The average Bonchev–Trinajstić information content (AvgIpc) is 2.62. The summed E-state index contributed by atoms with van der Waals surface area (Å²) >= 11 is 0. The molecule has 152 valence electrons. The molecule has 0 bridgehead atoms. The Morgan fingerprint density at radius 3 is 2.11 bits per heavy atom. The number of rotatable bonds is 8. The molecule has 0 aromatic heterocycles. The molecule has 0 amide bonds. The van der Waals surface area contributed by atoms with Gasteiger partial charge in [-0.2, -0.15) is 0 Å². The zero-order valence-electron chi connectivity index (χ0n) is 17.7. The molecule has 2 rings (SSSR count). The topological polar surface area (TPSA) is 64.6 Å². The highest BCUT2D eigenvalue weighted by molar-refractivity contribution is 5.96. The Morgan fingerprint density at radius 2 is 1.50 bits per heavy atom. The highest BCUT2D eigenvalue weighted by Crippen LogP contribution is 2.38. The van der Waals surface area contributed by atoms with E-state index in [4.69, 9.17) is 9.47 Å². The molecule has 5 nitrogen and oxygen atoms in total. The zero-order valence-corrected chi connectivity index (χ0v) is 17.7. The van der Waals surface area contributed by atoms with Crippen LogP contribution in [0, 0.1) is 11.8 Å². The summed E-state index contributed by atoms with van der Waals surface area (Å²) in [5.74, 6) is -0.707. The number of hydrogen-bond acceptors (Lipinski definition) is 5. The van der Waals surface area contributed by atoms with Crippen molar-refractivity contribution in [2.75, 3.05) is 6.54 Å². The van der Waals surface area contributed by atoms with Crippen LogP contribution in [0.5, 0.6) is 11.5 Å². The molecule has 0 radical (unpaired) electrons. The van der Waals surface area contributed by atoms with Crippen molar-refractivity contribution in [1.82, 2.24) is 5.32 Å². The lowest BCUT2D eigenvalue weighted by Crippen LogP contribution is -2.25. The lowest BCUT2D eigenvalue weighted by atomic mass is 10.0. The maximum Gasteiger partial charge on any atom is 0.313 e. The van der Waals surface area contributed by atoms with Crippen LogP contribution in [0.2, 0.25) is 0 Å².